The number of hydrogen-bond donors (Lipinski definition) is 2. The molecule has 0 aliphatic carbocycles. The highest BCUT2D eigenvalue weighted by atomic mass is 35.5. The standard InChI is InChI=1S/C23H16ClF3N4O2/c24-17-12-6-4-10-15(17)20-30-31-21(33-20)19(14-8-2-1-3-9-14)29-22(32)28-18-13-7-5-11-16(18)23(25,26)27/h1-13,19H,(H2,28,29,32)/t19-/m1/s1. The number of hydrogen-bond acceptors (Lipinski definition) is 4. The van der Waals surface area contributed by atoms with E-state index in [4.69, 9.17) is 16.0 Å². The van der Waals surface area contributed by atoms with Crippen LogP contribution in [0.2, 0.25) is 5.02 Å². The summed E-state index contributed by atoms with van der Waals surface area (Å²) in [6.45, 7) is 0. The maximum atomic E-state index is 13.3. The first kappa shape index (κ1) is 22.3. The number of nitrogens with one attached hydrogen (secondary N) is 2. The molecule has 0 aliphatic rings. The number of aromatic nitrogens is 2. The van der Waals surface area contributed by atoms with Gasteiger partial charge in [-0.1, -0.05) is 66.2 Å². The fourth-order valence-corrected chi connectivity index (χ4v) is 3.37. The number of nitrogens with zero attached hydrogens (tertiary/aromatic N) is 2. The Morgan fingerprint density at radius 2 is 1.58 bits per heavy atom. The van der Waals surface area contributed by atoms with Crippen molar-refractivity contribution in [3.8, 4) is 11.5 Å². The number of carbonyl (C=O) groups is 1. The third-order valence-electron chi connectivity index (χ3n) is 4.68. The molecule has 0 bridgehead atoms. The molecule has 1 aromatic heterocycles. The predicted octanol–water partition coefficient (Wildman–Crippen LogP) is 6.32. The number of para-hydroxylation sites is 1. The van der Waals surface area contributed by atoms with Crippen LogP contribution in [0.3, 0.4) is 0 Å². The highest BCUT2D eigenvalue weighted by Crippen LogP contribution is 2.35. The number of anilines is 1. The van der Waals surface area contributed by atoms with Crippen LogP contribution in [0.5, 0.6) is 0 Å². The Morgan fingerprint density at radius 3 is 2.30 bits per heavy atom. The molecule has 2 amide bonds. The van der Waals surface area contributed by atoms with Crippen LogP contribution >= 0.6 is 11.6 Å². The van der Waals surface area contributed by atoms with Crippen molar-refractivity contribution in [1.82, 2.24) is 15.5 Å². The summed E-state index contributed by atoms with van der Waals surface area (Å²) < 4.78 is 45.6. The summed E-state index contributed by atoms with van der Waals surface area (Å²) in [5.74, 6) is 0.177. The van der Waals surface area contributed by atoms with Crippen LogP contribution in [0.25, 0.3) is 11.5 Å². The number of rotatable bonds is 5. The van der Waals surface area contributed by atoms with E-state index in [0.717, 1.165) is 6.07 Å². The van der Waals surface area contributed by atoms with Gasteiger partial charge < -0.3 is 15.1 Å². The van der Waals surface area contributed by atoms with Crippen LogP contribution < -0.4 is 10.6 Å². The van der Waals surface area contributed by atoms with Gasteiger partial charge in [0.05, 0.1) is 21.8 Å². The molecule has 6 nitrogen and oxygen atoms in total. The van der Waals surface area contributed by atoms with E-state index in [2.05, 4.69) is 20.8 Å². The molecule has 1 heterocycles. The molecule has 3 aromatic carbocycles. The Kier molecular flexibility index (Phi) is 6.32. The summed E-state index contributed by atoms with van der Waals surface area (Å²) in [4.78, 5) is 12.7. The third-order valence-corrected chi connectivity index (χ3v) is 5.01. The maximum absolute atomic E-state index is 13.3. The molecule has 0 fully saturated rings. The molecule has 0 saturated carbocycles. The quantitative estimate of drug-likeness (QED) is 0.356. The minimum Gasteiger partial charge on any atom is -0.418 e. The van der Waals surface area contributed by atoms with Gasteiger partial charge in [0.1, 0.15) is 6.04 Å². The van der Waals surface area contributed by atoms with E-state index in [1.54, 1.807) is 54.6 Å². The molecule has 4 aromatic rings. The monoisotopic (exact) mass is 472 g/mol. The Hall–Kier alpha value is -3.85. The Bertz CT molecular complexity index is 1260. The highest BCUT2D eigenvalue weighted by Gasteiger charge is 2.34. The zero-order chi connectivity index (χ0) is 23.4. The Balaban J connectivity index is 1.63. The first-order chi connectivity index (χ1) is 15.8. The average molecular weight is 473 g/mol. The molecular weight excluding hydrogens is 457 g/mol. The number of urea groups is 1. The topological polar surface area (TPSA) is 80.0 Å². The molecule has 1 atom stereocenters. The summed E-state index contributed by atoms with van der Waals surface area (Å²) in [6.07, 6.45) is -4.63. The van der Waals surface area contributed by atoms with Gasteiger partial charge in [-0.15, -0.1) is 10.2 Å². The molecule has 4 rings (SSSR count). The first-order valence-corrected chi connectivity index (χ1v) is 10.1. The summed E-state index contributed by atoms with van der Waals surface area (Å²) >= 11 is 6.19. The fourth-order valence-electron chi connectivity index (χ4n) is 3.16. The zero-order valence-electron chi connectivity index (χ0n) is 16.8. The van der Waals surface area contributed by atoms with Gasteiger partial charge in [0.2, 0.25) is 11.8 Å². The lowest BCUT2D eigenvalue weighted by molar-refractivity contribution is -0.136. The Morgan fingerprint density at radius 1 is 0.909 bits per heavy atom. The first-order valence-electron chi connectivity index (χ1n) is 9.70. The predicted molar refractivity (Wildman–Crippen MR) is 117 cm³/mol. The van der Waals surface area contributed by atoms with Crippen LogP contribution in [-0.2, 0) is 6.18 Å². The van der Waals surface area contributed by atoms with E-state index in [-0.39, 0.29) is 17.5 Å². The van der Waals surface area contributed by atoms with E-state index < -0.39 is 23.8 Å². The van der Waals surface area contributed by atoms with Crippen LogP contribution in [0.1, 0.15) is 23.1 Å². The molecule has 33 heavy (non-hydrogen) atoms. The number of amides is 2. The lowest BCUT2D eigenvalue weighted by atomic mass is 10.1. The second kappa shape index (κ2) is 9.33. The largest absolute Gasteiger partial charge is 0.418 e. The van der Waals surface area contributed by atoms with Gasteiger partial charge in [0, 0.05) is 0 Å². The second-order valence-corrected chi connectivity index (χ2v) is 7.32. The van der Waals surface area contributed by atoms with E-state index >= 15 is 0 Å². The lowest BCUT2D eigenvalue weighted by Crippen LogP contribution is -2.34. The molecule has 2 N–H and O–H groups in total. The van der Waals surface area contributed by atoms with Crippen LogP contribution in [0.15, 0.2) is 83.3 Å². The minimum absolute atomic E-state index is 0.0374. The molecule has 0 radical (unpaired) electrons. The van der Waals surface area contributed by atoms with Crippen LogP contribution in [0, 0.1) is 0 Å². The number of alkyl halides is 3. The average Bonchev–Trinajstić information content (AvgIpc) is 3.28. The summed E-state index contributed by atoms with van der Waals surface area (Å²) in [7, 11) is 0. The number of benzene rings is 3. The normalized spacial score (nSPS) is 12.2. The maximum Gasteiger partial charge on any atom is 0.418 e. The van der Waals surface area contributed by atoms with Crippen molar-refractivity contribution >= 4 is 23.3 Å². The SMILES string of the molecule is O=C(Nc1ccccc1C(F)(F)F)N[C@H](c1ccccc1)c1nnc(-c2ccccc2Cl)o1. The molecule has 0 spiro atoms. The van der Waals surface area contributed by atoms with Crippen molar-refractivity contribution in [3.63, 3.8) is 0 Å². The smallest absolute Gasteiger partial charge is 0.418 e. The molecule has 0 aliphatic heterocycles. The highest BCUT2D eigenvalue weighted by molar-refractivity contribution is 6.33. The van der Waals surface area contributed by atoms with Gasteiger partial charge in [-0.25, -0.2) is 4.79 Å². The third kappa shape index (κ3) is 5.15. The van der Waals surface area contributed by atoms with Gasteiger partial charge in [0.25, 0.3) is 0 Å². The van der Waals surface area contributed by atoms with Gasteiger partial charge in [-0.2, -0.15) is 13.2 Å². The van der Waals surface area contributed by atoms with Gasteiger partial charge in [-0.05, 0) is 29.8 Å². The van der Waals surface area contributed by atoms with Crippen LogP contribution in [-0.4, -0.2) is 16.2 Å². The van der Waals surface area contributed by atoms with Crippen LogP contribution in [0.4, 0.5) is 23.7 Å². The fraction of sp³-hybridized carbons (Fsp3) is 0.0870. The van der Waals surface area contributed by atoms with E-state index in [0.29, 0.717) is 16.1 Å². The van der Waals surface area contributed by atoms with Gasteiger partial charge in [0.15, 0.2) is 0 Å². The lowest BCUT2D eigenvalue weighted by Gasteiger charge is -2.18. The number of halogens is 4. The minimum atomic E-state index is -4.63. The van der Waals surface area contributed by atoms with E-state index in [1.165, 1.54) is 18.2 Å². The van der Waals surface area contributed by atoms with Crippen molar-refractivity contribution in [2.24, 2.45) is 0 Å². The molecule has 0 unspecified atom stereocenters. The summed E-state index contributed by atoms with van der Waals surface area (Å²) in [6, 6.07) is 18.5. The number of carbonyl (C=O) groups excluding carboxylic acids is 1. The zero-order valence-corrected chi connectivity index (χ0v) is 17.6. The molecular formula is C23H16ClF3N4O2. The van der Waals surface area contributed by atoms with Crippen molar-refractivity contribution < 1.29 is 22.4 Å². The van der Waals surface area contributed by atoms with Gasteiger partial charge >= 0.3 is 12.2 Å². The van der Waals surface area contributed by atoms with Crippen molar-refractivity contribution in [2.45, 2.75) is 12.2 Å². The molecule has 0 saturated heterocycles. The summed E-state index contributed by atoms with van der Waals surface area (Å²) in [5.41, 5.74) is -0.244. The van der Waals surface area contributed by atoms with Crippen molar-refractivity contribution in [3.05, 3.63) is 101 Å². The van der Waals surface area contributed by atoms with Gasteiger partial charge in [-0.3, -0.25) is 0 Å². The molecule has 10 heteroatoms. The summed E-state index contributed by atoms with van der Waals surface area (Å²) in [5, 5.41) is 13.3. The molecule has 168 valence electrons. The van der Waals surface area contributed by atoms with E-state index in [9.17, 15) is 18.0 Å². The van der Waals surface area contributed by atoms with E-state index in [1.807, 2.05) is 0 Å². The Labute approximate surface area is 191 Å². The second-order valence-electron chi connectivity index (χ2n) is 6.91. The van der Waals surface area contributed by atoms with Crippen molar-refractivity contribution in [1.29, 1.82) is 0 Å². The van der Waals surface area contributed by atoms with Crippen molar-refractivity contribution in [2.75, 3.05) is 5.32 Å².